The molecule has 1 rings (SSSR count). The predicted octanol–water partition coefficient (Wildman–Crippen LogP) is 3.07. The van der Waals surface area contributed by atoms with Crippen LogP contribution in [-0.2, 0) is 0 Å². The number of hydrogen-bond acceptors (Lipinski definition) is 4. The van der Waals surface area contributed by atoms with Crippen LogP contribution in [0.5, 0.6) is 5.88 Å². The van der Waals surface area contributed by atoms with Crippen molar-refractivity contribution in [3.63, 3.8) is 0 Å². The first kappa shape index (κ1) is 13.5. The fourth-order valence-corrected chi connectivity index (χ4v) is 1.65. The molecule has 0 aromatic carbocycles. The summed E-state index contributed by atoms with van der Waals surface area (Å²) >= 11 is 9.21. The molecule has 16 heavy (non-hydrogen) atoms. The molecular weight excluding hydrogens is 293 g/mol. The number of rotatable bonds is 5. The van der Waals surface area contributed by atoms with Gasteiger partial charge in [0, 0.05) is 5.88 Å². The van der Waals surface area contributed by atoms with E-state index in [0.717, 1.165) is 10.9 Å². The third-order valence-corrected chi connectivity index (χ3v) is 3.53. The Morgan fingerprint density at radius 1 is 1.62 bits per heavy atom. The van der Waals surface area contributed by atoms with Gasteiger partial charge in [-0.05, 0) is 29.3 Å². The van der Waals surface area contributed by atoms with E-state index in [9.17, 15) is 0 Å². The van der Waals surface area contributed by atoms with Gasteiger partial charge in [0.15, 0.2) is 0 Å². The zero-order valence-electron chi connectivity index (χ0n) is 9.55. The second kappa shape index (κ2) is 5.68. The number of hydrogen-bond donors (Lipinski definition) is 1. The van der Waals surface area contributed by atoms with Crippen LogP contribution in [0.25, 0.3) is 0 Å². The second-order valence-corrected chi connectivity index (χ2v) is 4.85. The maximum atomic E-state index is 5.91. The largest absolute Gasteiger partial charge is 0.480 e. The average molecular weight is 309 g/mol. The van der Waals surface area contributed by atoms with Gasteiger partial charge < -0.3 is 10.1 Å². The van der Waals surface area contributed by atoms with Crippen molar-refractivity contribution in [2.24, 2.45) is 0 Å². The minimum atomic E-state index is -0.208. The van der Waals surface area contributed by atoms with Crippen molar-refractivity contribution < 1.29 is 4.74 Å². The first-order valence-electron chi connectivity index (χ1n) is 4.95. The lowest BCUT2D eigenvalue weighted by molar-refractivity contribution is 0.394. The Balaban J connectivity index is 2.89. The van der Waals surface area contributed by atoms with Crippen LogP contribution in [0.3, 0.4) is 0 Å². The second-order valence-electron chi connectivity index (χ2n) is 3.72. The standard InChI is InChI=1S/C10H15BrClN3O/c1-4-10(2,6-12)15-9-13-5-7(11)8(14-9)16-3/h5H,4,6H2,1-3H3,(H,13,14,15). The van der Waals surface area contributed by atoms with Crippen LogP contribution in [0.1, 0.15) is 20.3 Å². The van der Waals surface area contributed by atoms with Crippen molar-refractivity contribution in [2.45, 2.75) is 25.8 Å². The highest BCUT2D eigenvalue weighted by atomic mass is 79.9. The number of alkyl halides is 1. The van der Waals surface area contributed by atoms with E-state index in [-0.39, 0.29) is 5.54 Å². The highest BCUT2D eigenvalue weighted by Gasteiger charge is 2.21. The van der Waals surface area contributed by atoms with Gasteiger partial charge in [0.1, 0.15) is 0 Å². The van der Waals surface area contributed by atoms with Crippen molar-refractivity contribution >= 4 is 33.5 Å². The molecule has 0 saturated heterocycles. The first-order chi connectivity index (χ1) is 7.54. The maximum absolute atomic E-state index is 5.91. The summed E-state index contributed by atoms with van der Waals surface area (Å²) in [6, 6.07) is 0. The quantitative estimate of drug-likeness (QED) is 0.849. The molecule has 90 valence electrons. The molecule has 0 bridgehead atoms. The third kappa shape index (κ3) is 3.22. The van der Waals surface area contributed by atoms with Gasteiger partial charge in [0.05, 0.1) is 23.3 Å². The summed E-state index contributed by atoms with van der Waals surface area (Å²) in [5.41, 5.74) is -0.208. The average Bonchev–Trinajstić information content (AvgIpc) is 2.31. The molecule has 0 spiro atoms. The van der Waals surface area contributed by atoms with E-state index in [1.807, 2.05) is 6.92 Å². The summed E-state index contributed by atoms with van der Waals surface area (Å²) < 4.78 is 5.82. The Hall–Kier alpha value is -0.550. The molecule has 0 saturated carbocycles. The van der Waals surface area contributed by atoms with Gasteiger partial charge in [-0.3, -0.25) is 0 Å². The molecule has 0 aliphatic carbocycles. The first-order valence-corrected chi connectivity index (χ1v) is 6.28. The van der Waals surface area contributed by atoms with E-state index in [4.69, 9.17) is 16.3 Å². The molecule has 0 fully saturated rings. The van der Waals surface area contributed by atoms with Gasteiger partial charge >= 0.3 is 0 Å². The summed E-state index contributed by atoms with van der Waals surface area (Å²) in [5.74, 6) is 1.51. The predicted molar refractivity (Wildman–Crippen MR) is 69.3 cm³/mol. The Morgan fingerprint density at radius 3 is 2.81 bits per heavy atom. The number of methoxy groups -OCH3 is 1. The van der Waals surface area contributed by atoms with Gasteiger partial charge in [-0.2, -0.15) is 4.98 Å². The number of nitrogens with zero attached hydrogens (tertiary/aromatic N) is 2. The lowest BCUT2D eigenvalue weighted by Gasteiger charge is -2.27. The van der Waals surface area contributed by atoms with Crippen LogP contribution < -0.4 is 10.1 Å². The lowest BCUT2D eigenvalue weighted by atomic mass is 10.0. The van der Waals surface area contributed by atoms with Crippen molar-refractivity contribution in [2.75, 3.05) is 18.3 Å². The Morgan fingerprint density at radius 2 is 2.31 bits per heavy atom. The Kier molecular flexibility index (Phi) is 4.80. The highest BCUT2D eigenvalue weighted by Crippen LogP contribution is 2.24. The fraction of sp³-hybridized carbons (Fsp3) is 0.600. The summed E-state index contributed by atoms with van der Waals surface area (Å²) in [6.45, 7) is 4.09. The minimum absolute atomic E-state index is 0.208. The van der Waals surface area contributed by atoms with E-state index in [2.05, 4.69) is 38.1 Å². The molecule has 1 aromatic rings. The van der Waals surface area contributed by atoms with Crippen LogP contribution in [-0.4, -0.2) is 28.5 Å². The number of halogens is 2. The topological polar surface area (TPSA) is 47.0 Å². The molecule has 1 aromatic heterocycles. The molecule has 1 N–H and O–H groups in total. The number of ether oxygens (including phenoxy) is 1. The fourth-order valence-electron chi connectivity index (χ4n) is 1.04. The maximum Gasteiger partial charge on any atom is 0.232 e. The minimum Gasteiger partial charge on any atom is -0.480 e. The normalized spacial score (nSPS) is 14.3. The smallest absolute Gasteiger partial charge is 0.232 e. The lowest BCUT2D eigenvalue weighted by Crippen LogP contribution is -2.36. The van der Waals surface area contributed by atoms with Gasteiger partial charge in [0.25, 0.3) is 0 Å². The number of anilines is 1. The molecule has 0 amide bonds. The van der Waals surface area contributed by atoms with E-state index in [0.29, 0.717) is 17.7 Å². The zero-order chi connectivity index (χ0) is 12.2. The van der Waals surface area contributed by atoms with Crippen LogP contribution in [0, 0.1) is 0 Å². The monoisotopic (exact) mass is 307 g/mol. The van der Waals surface area contributed by atoms with Crippen LogP contribution in [0.2, 0.25) is 0 Å². The van der Waals surface area contributed by atoms with Gasteiger partial charge in [-0.15, -0.1) is 11.6 Å². The Labute approximate surface area is 109 Å². The van der Waals surface area contributed by atoms with Crippen LogP contribution in [0.4, 0.5) is 5.95 Å². The number of nitrogens with one attached hydrogen (secondary N) is 1. The summed E-state index contributed by atoms with van der Waals surface area (Å²) in [7, 11) is 1.57. The summed E-state index contributed by atoms with van der Waals surface area (Å²) in [5, 5.41) is 3.20. The molecular formula is C10H15BrClN3O. The zero-order valence-corrected chi connectivity index (χ0v) is 11.9. The molecule has 0 radical (unpaired) electrons. The molecule has 4 nitrogen and oxygen atoms in total. The molecule has 0 aliphatic heterocycles. The van der Waals surface area contributed by atoms with Crippen LogP contribution in [0.15, 0.2) is 10.7 Å². The summed E-state index contributed by atoms with van der Waals surface area (Å²) in [6.07, 6.45) is 2.54. The molecule has 1 unspecified atom stereocenters. The molecule has 1 atom stereocenters. The van der Waals surface area contributed by atoms with E-state index >= 15 is 0 Å². The molecule has 6 heteroatoms. The third-order valence-electron chi connectivity index (χ3n) is 2.39. The SMILES string of the molecule is CCC(C)(CCl)Nc1ncc(Br)c(OC)n1. The summed E-state index contributed by atoms with van der Waals surface area (Å²) in [4.78, 5) is 8.38. The van der Waals surface area contributed by atoms with Gasteiger partial charge in [0.2, 0.25) is 11.8 Å². The van der Waals surface area contributed by atoms with E-state index < -0.39 is 0 Å². The Bertz CT molecular complexity index is 358. The van der Waals surface area contributed by atoms with Crippen LogP contribution >= 0.6 is 27.5 Å². The van der Waals surface area contributed by atoms with E-state index in [1.165, 1.54) is 0 Å². The van der Waals surface area contributed by atoms with E-state index in [1.54, 1.807) is 13.3 Å². The number of aromatic nitrogens is 2. The van der Waals surface area contributed by atoms with Gasteiger partial charge in [-0.25, -0.2) is 4.98 Å². The highest BCUT2D eigenvalue weighted by molar-refractivity contribution is 9.10. The molecule has 0 aliphatic rings. The van der Waals surface area contributed by atoms with Crippen molar-refractivity contribution in [1.82, 2.24) is 9.97 Å². The van der Waals surface area contributed by atoms with Gasteiger partial charge in [-0.1, -0.05) is 6.92 Å². The van der Waals surface area contributed by atoms with Crippen molar-refractivity contribution in [3.05, 3.63) is 10.7 Å². The van der Waals surface area contributed by atoms with Crippen molar-refractivity contribution in [3.8, 4) is 5.88 Å². The van der Waals surface area contributed by atoms with Crippen molar-refractivity contribution in [1.29, 1.82) is 0 Å². The molecule has 1 heterocycles.